The van der Waals surface area contributed by atoms with Gasteiger partial charge in [-0.2, -0.15) is 0 Å². The van der Waals surface area contributed by atoms with Crippen molar-refractivity contribution in [1.82, 2.24) is 15.5 Å². The van der Waals surface area contributed by atoms with Gasteiger partial charge in [0.2, 0.25) is 5.91 Å². The normalized spacial score (nSPS) is 12.0. The van der Waals surface area contributed by atoms with E-state index in [-0.39, 0.29) is 24.3 Å². The van der Waals surface area contributed by atoms with E-state index in [0.29, 0.717) is 13.1 Å². The fourth-order valence-corrected chi connectivity index (χ4v) is 3.09. The van der Waals surface area contributed by atoms with E-state index in [1.54, 1.807) is 12.1 Å². The molecule has 0 saturated heterocycles. The number of amides is 3. The highest BCUT2D eigenvalue weighted by atomic mass is 32.1. The number of urea groups is 1. The lowest BCUT2D eigenvalue weighted by atomic mass is 10.1. The molecule has 1 heterocycles. The molecule has 25 heavy (non-hydrogen) atoms. The Hall–Kier alpha value is -2.25. The van der Waals surface area contributed by atoms with Crippen LogP contribution in [0.25, 0.3) is 0 Å². The molecule has 0 aliphatic heterocycles. The number of hydrogen-bond acceptors (Lipinski definition) is 4. The van der Waals surface area contributed by atoms with Gasteiger partial charge in [0.1, 0.15) is 5.82 Å². The maximum atomic E-state index is 13.0. The lowest BCUT2D eigenvalue weighted by Crippen LogP contribution is -2.44. The lowest BCUT2D eigenvalue weighted by Gasteiger charge is -2.27. The SMILES string of the molecule is CCN(CC(=O)NC(=O)NCc1cccs1)C(C)c1ccc(F)cc1. The van der Waals surface area contributed by atoms with Crippen LogP contribution in [0.1, 0.15) is 30.3 Å². The van der Waals surface area contributed by atoms with Crippen LogP contribution in [-0.4, -0.2) is 29.9 Å². The van der Waals surface area contributed by atoms with Crippen molar-refractivity contribution in [2.75, 3.05) is 13.1 Å². The topological polar surface area (TPSA) is 61.4 Å². The van der Waals surface area contributed by atoms with Crippen LogP contribution in [-0.2, 0) is 11.3 Å². The van der Waals surface area contributed by atoms with Gasteiger partial charge < -0.3 is 5.32 Å². The van der Waals surface area contributed by atoms with Crippen LogP contribution in [0.4, 0.5) is 9.18 Å². The summed E-state index contributed by atoms with van der Waals surface area (Å²) < 4.78 is 13.0. The minimum atomic E-state index is -0.510. The summed E-state index contributed by atoms with van der Waals surface area (Å²) in [5.41, 5.74) is 0.915. The summed E-state index contributed by atoms with van der Waals surface area (Å²) in [4.78, 5) is 26.8. The summed E-state index contributed by atoms with van der Waals surface area (Å²) in [6, 6.07) is 9.45. The van der Waals surface area contributed by atoms with Crippen molar-refractivity contribution >= 4 is 23.3 Å². The van der Waals surface area contributed by atoms with Crippen molar-refractivity contribution in [2.45, 2.75) is 26.4 Å². The molecule has 2 rings (SSSR count). The van der Waals surface area contributed by atoms with Crippen molar-refractivity contribution in [3.05, 3.63) is 58.0 Å². The van der Waals surface area contributed by atoms with Crippen molar-refractivity contribution in [3.63, 3.8) is 0 Å². The molecular formula is C18H22FN3O2S. The molecule has 2 aromatic rings. The van der Waals surface area contributed by atoms with Gasteiger partial charge in [0.05, 0.1) is 13.1 Å². The molecule has 0 fully saturated rings. The predicted molar refractivity (Wildman–Crippen MR) is 96.8 cm³/mol. The number of nitrogens with zero attached hydrogens (tertiary/aromatic N) is 1. The quantitative estimate of drug-likeness (QED) is 0.793. The second kappa shape index (κ2) is 9.29. The highest BCUT2D eigenvalue weighted by Gasteiger charge is 2.18. The van der Waals surface area contributed by atoms with Crippen molar-refractivity contribution in [2.24, 2.45) is 0 Å². The van der Waals surface area contributed by atoms with Crippen LogP contribution < -0.4 is 10.6 Å². The van der Waals surface area contributed by atoms with Gasteiger partial charge in [-0.3, -0.25) is 15.0 Å². The summed E-state index contributed by atoms with van der Waals surface area (Å²) in [6.45, 7) is 4.98. The number of hydrogen-bond donors (Lipinski definition) is 2. The average Bonchev–Trinajstić information content (AvgIpc) is 3.11. The Balaban J connectivity index is 1.84. The highest BCUT2D eigenvalue weighted by molar-refractivity contribution is 7.09. The molecule has 0 saturated carbocycles. The van der Waals surface area contributed by atoms with E-state index in [1.807, 2.05) is 36.3 Å². The molecule has 0 spiro atoms. The summed E-state index contributed by atoms with van der Waals surface area (Å²) in [7, 11) is 0. The van der Waals surface area contributed by atoms with Crippen LogP contribution >= 0.6 is 11.3 Å². The number of thiophene rings is 1. The average molecular weight is 363 g/mol. The van der Waals surface area contributed by atoms with E-state index in [0.717, 1.165) is 10.4 Å². The number of carbonyl (C=O) groups excluding carboxylic acids is 2. The lowest BCUT2D eigenvalue weighted by molar-refractivity contribution is -0.121. The number of nitrogens with one attached hydrogen (secondary N) is 2. The van der Waals surface area contributed by atoms with Gasteiger partial charge in [0.25, 0.3) is 0 Å². The van der Waals surface area contributed by atoms with Gasteiger partial charge in [0, 0.05) is 10.9 Å². The van der Waals surface area contributed by atoms with Gasteiger partial charge >= 0.3 is 6.03 Å². The number of imide groups is 1. The third kappa shape index (κ3) is 5.95. The number of carbonyl (C=O) groups is 2. The Morgan fingerprint density at radius 2 is 1.96 bits per heavy atom. The number of likely N-dealkylation sites (N-methyl/N-ethyl adjacent to an activating group) is 1. The third-order valence-corrected chi connectivity index (χ3v) is 4.79. The Kier molecular flexibility index (Phi) is 7.09. The molecule has 5 nitrogen and oxygen atoms in total. The van der Waals surface area contributed by atoms with Crippen LogP contribution in [0.15, 0.2) is 41.8 Å². The molecule has 1 atom stereocenters. The van der Waals surface area contributed by atoms with Crippen LogP contribution in [0.5, 0.6) is 0 Å². The first-order valence-electron chi connectivity index (χ1n) is 8.09. The maximum absolute atomic E-state index is 13.0. The first kappa shape index (κ1) is 19.1. The summed E-state index contributed by atoms with van der Waals surface area (Å²) in [5, 5.41) is 6.92. The van der Waals surface area contributed by atoms with Gasteiger partial charge in [-0.25, -0.2) is 9.18 Å². The van der Waals surface area contributed by atoms with Crippen molar-refractivity contribution in [3.8, 4) is 0 Å². The summed E-state index contributed by atoms with van der Waals surface area (Å²) in [6.07, 6.45) is 0. The van der Waals surface area contributed by atoms with Crippen molar-refractivity contribution in [1.29, 1.82) is 0 Å². The maximum Gasteiger partial charge on any atom is 0.321 e. The second-order valence-corrected chi connectivity index (χ2v) is 6.63. The molecule has 3 amide bonds. The number of benzene rings is 1. The largest absolute Gasteiger partial charge is 0.333 e. The molecule has 0 aliphatic rings. The van der Waals surface area contributed by atoms with E-state index < -0.39 is 6.03 Å². The molecular weight excluding hydrogens is 341 g/mol. The van der Waals surface area contributed by atoms with E-state index in [2.05, 4.69) is 10.6 Å². The Labute approximate surface area is 150 Å². The molecule has 0 bridgehead atoms. The molecule has 1 aromatic carbocycles. The highest BCUT2D eigenvalue weighted by Crippen LogP contribution is 2.19. The minimum absolute atomic E-state index is 0.0643. The van der Waals surface area contributed by atoms with E-state index in [1.165, 1.54) is 23.5 Å². The van der Waals surface area contributed by atoms with Gasteiger partial charge in [-0.15, -0.1) is 11.3 Å². The third-order valence-electron chi connectivity index (χ3n) is 3.91. The first-order valence-corrected chi connectivity index (χ1v) is 8.97. The Morgan fingerprint density at radius 1 is 1.24 bits per heavy atom. The molecule has 0 radical (unpaired) electrons. The zero-order valence-electron chi connectivity index (χ0n) is 14.3. The monoisotopic (exact) mass is 363 g/mol. The van der Waals surface area contributed by atoms with Crippen LogP contribution in [0.2, 0.25) is 0 Å². The van der Waals surface area contributed by atoms with Gasteiger partial charge in [-0.05, 0) is 42.6 Å². The fraction of sp³-hybridized carbons (Fsp3) is 0.333. The smallest absolute Gasteiger partial charge is 0.321 e. The van der Waals surface area contributed by atoms with Crippen LogP contribution in [0.3, 0.4) is 0 Å². The van der Waals surface area contributed by atoms with Crippen molar-refractivity contribution < 1.29 is 14.0 Å². The standard InChI is InChI=1S/C18H22FN3O2S/c1-3-22(13(2)14-6-8-15(19)9-7-14)12-17(23)21-18(24)20-11-16-5-4-10-25-16/h4-10,13H,3,11-12H2,1-2H3,(H2,20,21,23,24). The second-order valence-electron chi connectivity index (χ2n) is 5.60. The minimum Gasteiger partial charge on any atom is -0.333 e. The molecule has 1 aromatic heterocycles. The molecule has 134 valence electrons. The Bertz CT molecular complexity index is 689. The van der Waals surface area contributed by atoms with Gasteiger partial charge in [-0.1, -0.05) is 25.1 Å². The fourth-order valence-electron chi connectivity index (χ4n) is 2.45. The van der Waals surface area contributed by atoms with Gasteiger partial charge in [0.15, 0.2) is 0 Å². The van der Waals surface area contributed by atoms with E-state index in [4.69, 9.17) is 0 Å². The zero-order valence-corrected chi connectivity index (χ0v) is 15.1. The summed E-state index contributed by atoms with van der Waals surface area (Å²) >= 11 is 1.54. The molecule has 7 heteroatoms. The molecule has 0 aliphatic carbocycles. The predicted octanol–water partition coefficient (Wildman–Crippen LogP) is 3.30. The Morgan fingerprint density at radius 3 is 2.56 bits per heavy atom. The number of rotatable bonds is 7. The van der Waals surface area contributed by atoms with Crippen LogP contribution in [0, 0.1) is 5.82 Å². The van der Waals surface area contributed by atoms with E-state index in [9.17, 15) is 14.0 Å². The molecule has 2 N–H and O–H groups in total. The summed E-state index contributed by atoms with van der Waals surface area (Å²) in [5.74, 6) is -0.668. The number of halogens is 1. The molecule has 1 unspecified atom stereocenters. The first-order chi connectivity index (χ1) is 12.0. The van der Waals surface area contributed by atoms with E-state index >= 15 is 0 Å². The zero-order chi connectivity index (χ0) is 18.2.